The van der Waals surface area contributed by atoms with Gasteiger partial charge < -0.3 is 14.9 Å². The number of nitrogens with zero attached hydrogens (tertiary/aromatic N) is 3. The monoisotopic (exact) mass is 225 g/mol. The fraction of sp³-hybridized carbons (Fsp3) is 0.556. The summed E-state index contributed by atoms with van der Waals surface area (Å²) in [6, 6.07) is 0. The lowest BCUT2D eigenvalue weighted by Gasteiger charge is -2.23. The van der Waals surface area contributed by atoms with Crippen LogP contribution in [0.15, 0.2) is 6.33 Å². The molecule has 1 fully saturated rings. The Morgan fingerprint density at radius 3 is 3.00 bits per heavy atom. The molecule has 0 amide bonds. The van der Waals surface area contributed by atoms with E-state index in [1.54, 1.807) is 0 Å². The van der Waals surface area contributed by atoms with Crippen LogP contribution in [0.25, 0.3) is 0 Å². The van der Waals surface area contributed by atoms with Crippen LogP contribution in [0.3, 0.4) is 0 Å². The molecule has 0 spiro atoms. The molecule has 0 radical (unpaired) electrons. The number of hydrogen-bond donors (Lipinski definition) is 0. The molecule has 86 valence electrons. The van der Waals surface area contributed by atoms with Crippen LogP contribution in [0.4, 0.5) is 5.82 Å². The van der Waals surface area contributed by atoms with Gasteiger partial charge in [-0.25, -0.2) is 0 Å². The molecule has 1 aromatic heterocycles. The fourth-order valence-electron chi connectivity index (χ4n) is 1.79. The molecule has 0 bridgehead atoms. The van der Waals surface area contributed by atoms with Crippen LogP contribution in [0.1, 0.15) is 36.0 Å². The molecule has 1 unspecified atom stereocenters. The van der Waals surface area contributed by atoms with Crippen molar-refractivity contribution >= 4 is 12.1 Å². The molecule has 1 aliphatic heterocycles. The number of rotatable bonds is 3. The highest BCUT2D eigenvalue weighted by molar-refractivity contribution is 5.77. The third kappa shape index (κ3) is 1.81. The summed E-state index contributed by atoms with van der Waals surface area (Å²) in [6.45, 7) is 0.606. The Labute approximate surface area is 91.2 Å². The lowest BCUT2D eigenvalue weighted by atomic mass is 10.2. The van der Waals surface area contributed by atoms with Crippen molar-refractivity contribution < 1.29 is 14.5 Å². The van der Waals surface area contributed by atoms with E-state index in [1.165, 1.54) is 10.9 Å². The molecular weight excluding hydrogens is 214 g/mol. The first kappa shape index (κ1) is 10.7. The Morgan fingerprint density at radius 1 is 1.62 bits per heavy atom. The number of aldehydes is 1. The first-order valence-electron chi connectivity index (χ1n) is 5.02. The van der Waals surface area contributed by atoms with Crippen LogP contribution in [0, 0.1) is 10.1 Å². The van der Waals surface area contributed by atoms with E-state index >= 15 is 0 Å². The van der Waals surface area contributed by atoms with E-state index in [-0.39, 0.29) is 11.9 Å². The number of aromatic nitrogens is 2. The number of ether oxygens (including phenoxy) is 1. The van der Waals surface area contributed by atoms with E-state index in [1.807, 2.05) is 0 Å². The highest BCUT2D eigenvalue weighted by atomic mass is 16.6. The van der Waals surface area contributed by atoms with Gasteiger partial charge in [-0.05, 0) is 29.2 Å². The number of carbonyl (C=O) groups is 1. The lowest BCUT2D eigenvalue weighted by Crippen LogP contribution is -2.19. The summed E-state index contributed by atoms with van der Waals surface area (Å²) >= 11 is 0. The molecule has 0 aromatic carbocycles. The van der Waals surface area contributed by atoms with E-state index in [0.717, 1.165) is 19.3 Å². The molecule has 7 heteroatoms. The van der Waals surface area contributed by atoms with Crippen molar-refractivity contribution in [2.75, 3.05) is 6.61 Å². The third-order valence-electron chi connectivity index (χ3n) is 2.56. The van der Waals surface area contributed by atoms with Crippen molar-refractivity contribution in [1.29, 1.82) is 0 Å². The lowest BCUT2D eigenvalue weighted by molar-refractivity contribution is -0.389. The topological polar surface area (TPSA) is 87.3 Å². The van der Waals surface area contributed by atoms with Gasteiger partial charge in [0, 0.05) is 6.61 Å². The van der Waals surface area contributed by atoms with Gasteiger partial charge in [0.1, 0.15) is 6.23 Å². The van der Waals surface area contributed by atoms with Crippen molar-refractivity contribution in [3.05, 3.63) is 22.1 Å². The Kier molecular flexibility index (Phi) is 2.95. The summed E-state index contributed by atoms with van der Waals surface area (Å²) in [5.74, 6) is -0.413. The first-order chi connectivity index (χ1) is 7.74. The normalized spacial score (nSPS) is 20.6. The van der Waals surface area contributed by atoms with E-state index < -0.39 is 10.7 Å². The second-order valence-corrected chi connectivity index (χ2v) is 3.56. The predicted octanol–water partition coefficient (Wildman–Crippen LogP) is 1.30. The van der Waals surface area contributed by atoms with Crippen LogP contribution in [-0.2, 0) is 4.74 Å². The number of imidazole rings is 1. The van der Waals surface area contributed by atoms with Crippen molar-refractivity contribution in [3.8, 4) is 0 Å². The van der Waals surface area contributed by atoms with Crippen molar-refractivity contribution in [1.82, 2.24) is 9.55 Å². The second kappa shape index (κ2) is 4.40. The first-order valence-corrected chi connectivity index (χ1v) is 5.02. The zero-order valence-corrected chi connectivity index (χ0v) is 8.54. The van der Waals surface area contributed by atoms with Gasteiger partial charge in [0.25, 0.3) is 0 Å². The number of nitro groups is 1. The van der Waals surface area contributed by atoms with Gasteiger partial charge in [0.15, 0.2) is 12.0 Å². The fourth-order valence-corrected chi connectivity index (χ4v) is 1.79. The molecule has 0 N–H and O–H groups in total. The summed E-state index contributed by atoms with van der Waals surface area (Å²) in [4.78, 5) is 24.4. The zero-order chi connectivity index (χ0) is 11.5. The maximum atomic E-state index is 10.8. The smallest absolute Gasteiger partial charge is 0.358 e. The Balaban J connectivity index is 2.32. The number of carbonyl (C=O) groups excluding carboxylic acids is 1. The van der Waals surface area contributed by atoms with Gasteiger partial charge in [-0.3, -0.25) is 9.36 Å². The molecule has 0 aliphatic carbocycles. The molecule has 2 heterocycles. The van der Waals surface area contributed by atoms with Crippen LogP contribution < -0.4 is 0 Å². The second-order valence-electron chi connectivity index (χ2n) is 3.56. The molecule has 1 atom stereocenters. The standard InChI is InChI=1S/C9H11N3O4/c13-5-7-9(12(14)15)10-6-11(7)8-3-1-2-4-16-8/h5-6,8H,1-4H2. The van der Waals surface area contributed by atoms with Crippen molar-refractivity contribution in [2.24, 2.45) is 0 Å². The van der Waals surface area contributed by atoms with Gasteiger partial charge in [-0.15, -0.1) is 0 Å². The molecule has 0 saturated carbocycles. The number of hydrogen-bond acceptors (Lipinski definition) is 5. The minimum Gasteiger partial charge on any atom is -0.358 e. The molecule has 16 heavy (non-hydrogen) atoms. The van der Waals surface area contributed by atoms with Gasteiger partial charge in [0.05, 0.1) is 0 Å². The molecule has 1 aromatic rings. The Bertz CT molecular complexity index is 409. The Hall–Kier alpha value is -1.76. The van der Waals surface area contributed by atoms with Crippen LogP contribution in [0.5, 0.6) is 0 Å². The average Bonchev–Trinajstić information content (AvgIpc) is 2.73. The zero-order valence-electron chi connectivity index (χ0n) is 8.54. The summed E-state index contributed by atoms with van der Waals surface area (Å²) in [5, 5.41) is 10.6. The predicted molar refractivity (Wildman–Crippen MR) is 53.1 cm³/mol. The van der Waals surface area contributed by atoms with Gasteiger partial charge in [-0.2, -0.15) is 0 Å². The van der Waals surface area contributed by atoms with E-state index in [2.05, 4.69) is 4.98 Å². The van der Waals surface area contributed by atoms with Gasteiger partial charge >= 0.3 is 5.82 Å². The quantitative estimate of drug-likeness (QED) is 0.439. The van der Waals surface area contributed by atoms with E-state index in [4.69, 9.17) is 4.74 Å². The van der Waals surface area contributed by atoms with E-state index in [0.29, 0.717) is 12.9 Å². The minimum atomic E-state index is -0.664. The van der Waals surface area contributed by atoms with E-state index in [9.17, 15) is 14.9 Å². The highest BCUT2D eigenvalue weighted by Crippen LogP contribution is 2.26. The summed E-state index contributed by atoms with van der Waals surface area (Å²) in [5.41, 5.74) is -0.0306. The van der Waals surface area contributed by atoms with Crippen LogP contribution >= 0.6 is 0 Å². The van der Waals surface area contributed by atoms with Crippen LogP contribution in [0.2, 0.25) is 0 Å². The summed E-state index contributed by atoms with van der Waals surface area (Å²) in [7, 11) is 0. The largest absolute Gasteiger partial charge is 0.392 e. The maximum absolute atomic E-state index is 10.8. The molecule has 7 nitrogen and oxygen atoms in total. The highest BCUT2D eigenvalue weighted by Gasteiger charge is 2.26. The average molecular weight is 225 g/mol. The maximum Gasteiger partial charge on any atom is 0.392 e. The van der Waals surface area contributed by atoms with Crippen LogP contribution in [-0.4, -0.2) is 27.4 Å². The molecular formula is C9H11N3O4. The SMILES string of the molecule is O=Cc1c([N+](=O)[O-])ncn1C1CCCCO1. The minimum absolute atomic E-state index is 0.0306. The third-order valence-corrected chi connectivity index (χ3v) is 2.56. The molecule has 1 aliphatic rings. The summed E-state index contributed by atoms with van der Waals surface area (Å²) in [6.07, 6.45) is 4.13. The Morgan fingerprint density at radius 2 is 2.44 bits per heavy atom. The van der Waals surface area contributed by atoms with Crippen molar-refractivity contribution in [2.45, 2.75) is 25.5 Å². The molecule has 2 rings (SSSR count). The van der Waals surface area contributed by atoms with Crippen molar-refractivity contribution in [3.63, 3.8) is 0 Å². The molecule has 1 saturated heterocycles. The summed E-state index contributed by atoms with van der Waals surface area (Å²) < 4.78 is 6.88. The van der Waals surface area contributed by atoms with Gasteiger partial charge in [0.2, 0.25) is 6.33 Å². The van der Waals surface area contributed by atoms with Gasteiger partial charge in [-0.1, -0.05) is 0 Å².